The van der Waals surface area contributed by atoms with Gasteiger partial charge < -0.3 is 9.55 Å². The molecule has 0 unspecified atom stereocenters. The molecule has 1 aliphatic carbocycles. The number of nitrogens with zero attached hydrogens (tertiary/aromatic N) is 1. The van der Waals surface area contributed by atoms with Crippen LogP contribution in [-0.4, -0.2) is 9.55 Å². The smallest absolute Gasteiger partial charge is 0.178 e. The Bertz CT molecular complexity index is 588. The molecular weight excluding hydrogens is 240 g/mol. The average Bonchev–Trinajstić information content (AvgIpc) is 2.75. The van der Waals surface area contributed by atoms with Gasteiger partial charge in [-0.15, -0.1) is 0 Å². The number of rotatable bonds is 2. The van der Waals surface area contributed by atoms with E-state index in [0.717, 1.165) is 10.7 Å². The minimum Gasteiger partial charge on any atom is -0.331 e. The molecule has 0 bridgehead atoms. The van der Waals surface area contributed by atoms with Gasteiger partial charge >= 0.3 is 0 Å². The summed E-state index contributed by atoms with van der Waals surface area (Å²) < 4.78 is 3.23. The molecule has 0 saturated heterocycles. The number of hydrogen-bond acceptors (Lipinski definition) is 1. The predicted octanol–water partition coefficient (Wildman–Crippen LogP) is 4.84. The molecule has 0 radical (unpaired) electrons. The first kappa shape index (κ1) is 12.0. The molecule has 3 rings (SSSR count). The van der Waals surface area contributed by atoms with Gasteiger partial charge in [0.15, 0.2) is 4.77 Å². The molecule has 1 aromatic carbocycles. The molecule has 0 atom stereocenters. The molecule has 3 heteroatoms. The van der Waals surface area contributed by atoms with Crippen LogP contribution in [0.2, 0.25) is 0 Å². The van der Waals surface area contributed by atoms with Crippen molar-refractivity contribution in [2.45, 2.75) is 45.1 Å². The fourth-order valence-electron chi connectivity index (χ4n) is 3.25. The summed E-state index contributed by atoms with van der Waals surface area (Å²) in [6, 6.07) is 9.04. The van der Waals surface area contributed by atoms with Crippen molar-refractivity contribution in [1.82, 2.24) is 9.55 Å². The Labute approximate surface area is 113 Å². The Kier molecular flexibility index (Phi) is 3.25. The largest absolute Gasteiger partial charge is 0.331 e. The molecule has 0 aliphatic heterocycles. The van der Waals surface area contributed by atoms with E-state index in [1.54, 1.807) is 0 Å². The van der Waals surface area contributed by atoms with Gasteiger partial charge in [0.05, 0.1) is 11.0 Å². The predicted molar refractivity (Wildman–Crippen MR) is 78.4 cm³/mol. The van der Waals surface area contributed by atoms with Gasteiger partial charge in [0.25, 0.3) is 0 Å². The number of H-pyrrole nitrogens is 1. The molecule has 1 aromatic heterocycles. The van der Waals surface area contributed by atoms with Crippen molar-refractivity contribution in [2.75, 3.05) is 0 Å². The number of benzene rings is 1. The van der Waals surface area contributed by atoms with Crippen LogP contribution < -0.4 is 0 Å². The molecule has 2 aromatic rings. The minimum absolute atomic E-state index is 0.594. The van der Waals surface area contributed by atoms with Crippen molar-refractivity contribution in [3.63, 3.8) is 0 Å². The van der Waals surface area contributed by atoms with Gasteiger partial charge in [-0.05, 0) is 56.0 Å². The zero-order valence-corrected chi connectivity index (χ0v) is 11.7. The molecule has 2 nitrogen and oxygen atoms in total. The third kappa shape index (κ3) is 2.01. The van der Waals surface area contributed by atoms with E-state index < -0.39 is 0 Å². The zero-order valence-electron chi connectivity index (χ0n) is 10.9. The maximum absolute atomic E-state index is 5.50. The monoisotopic (exact) mass is 260 g/mol. The molecule has 1 heterocycles. The van der Waals surface area contributed by atoms with Crippen LogP contribution >= 0.6 is 12.2 Å². The van der Waals surface area contributed by atoms with Crippen LogP contribution in [0.3, 0.4) is 0 Å². The summed E-state index contributed by atoms with van der Waals surface area (Å²) in [5.74, 6) is 0.931. The van der Waals surface area contributed by atoms with Crippen molar-refractivity contribution in [2.24, 2.45) is 5.92 Å². The van der Waals surface area contributed by atoms with Gasteiger partial charge in [-0.3, -0.25) is 0 Å². The van der Waals surface area contributed by atoms with Crippen molar-refractivity contribution >= 4 is 23.3 Å². The van der Waals surface area contributed by atoms with E-state index in [1.807, 2.05) is 0 Å². The first-order valence-electron chi connectivity index (χ1n) is 6.99. The molecule has 1 N–H and O–H groups in total. The lowest BCUT2D eigenvalue weighted by molar-refractivity contribution is 0.272. The molecule has 1 fully saturated rings. The van der Waals surface area contributed by atoms with E-state index in [9.17, 15) is 0 Å². The van der Waals surface area contributed by atoms with Crippen molar-refractivity contribution < 1.29 is 0 Å². The highest BCUT2D eigenvalue weighted by Crippen LogP contribution is 2.35. The fourth-order valence-corrected chi connectivity index (χ4v) is 3.61. The number of aromatic amines is 1. The number of para-hydroxylation sites is 2. The van der Waals surface area contributed by atoms with Crippen LogP contribution in [0.15, 0.2) is 24.3 Å². The van der Waals surface area contributed by atoms with Crippen molar-refractivity contribution in [1.29, 1.82) is 0 Å². The van der Waals surface area contributed by atoms with Gasteiger partial charge in [-0.2, -0.15) is 0 Å². The maximum atomic E-state index is 5.50. The number of fused-ring (bicyclic) bond motifs is 1. The van der Waals surface area contributed by atoms with Crippen LogP contribution in [-0.2, 0) is 0 Å². The van der Waals surface area contributed by atoms with E-state index in [4.69, 9.17) is 12.2 Å². The topological polar surface area (TPSA) is 20.7 Å². The quantitative estimate of drug-likeness (QED) is 0.766. The minimum atomic E-state index is 0.594. The van der Waals surface area contributed by atoms with Gasteiger partial charge in [-0.25, -0.2) is 0 Å². The van der Waals surface area contributed by atoms with E-state index in [2.05, 4.69) is 40.7 Å². The Morgan fingerprint density at radius 2 is 1.94 bits per heavy atom. The number of imidazole rings is 1. The molecular formula is C15H20N2S. The highest BCUT2D eigenvalue weighted by atomic mass is 32.1. The molecule has 0 amide bonds. The lowest BCUT2D eigenvalue weighted by Gasteiger charge is -2.29. The van der Waals surface area contributed by atoms with Crippen molar-refractivity contribution in [3.05, 3.63) is 29.0 Å². The van der Waals surface area contributed by atoms with E-state index in [1.165, 1.54) is 43.1 Å². The lowest BCUT2D eigenvalue weighted by atomic mass is 9.84. The number of hydrogen-bond donors (Lipinski definition) is 1. The normalized spacial score (nSPS) is 24.5. The third-order valence-corrected chi connectivity index (χ3v) is 4.68. The average molecular weight is 260 g/mol. The Morgan fingerprint density at radius 1 is 1.22 bits per heavy atom. The zero-order chi connectivity index (χ0) is 12.5. The summed E-state index contributed by atoms with van der Waals surface area (Å²) in [7, 11) is 0. The summed E-state index contributed by atoms with van der Waals surface area (Å²) in [5.41, 5.74) is 2.43. The second-order valence-corrected chi connectivity index (χ2v) is 5.79. The second-order valence-electron chi connectivity index (χ2n) is 5.40. The van der Waals surface area contributed by atoms with Crippen LogP contribution in [0.25, 0.3) is 11.0 Å². The molecule has 0 spiro atoms. The number of nitrogens with one attached hydrogen (secondary N) is 1. The highest BCUT2D eigenvalue weighted by molar-refractivity contribution is 7.71. The molecule has 1 saturated carbocycles. The maximum Gasteiger partial charge on any atom is 0.178 e. The van der Waals surface area contributed by atoms with E-state index in [0.29, 0.717) is 6.04 Å². The summed E-state index contributed by atoms with van der Waals surface area (Å²) >= 11 is 5.50. The SMILES string of the molecule is CCC1CCC(n2c(=S)[nH]c3ccccc32)CC1. The Balaban J connectivity index is 1.95. The summed E-state index contributed by atoms with van der Waals surface area (Å²) in [4.78, 5) is 3.33. The fraction of sp³-hybridized carbons (Fsp3) is 0.533. The first-order chi connectivity index (χ1) is 8.79. The van der Waals surface area contributed by atoms with Crippen molar-refractivity contribution in [3.8, 4) is 0 Å². The molecule has 1 aliphatic rings. The third-order valence-electron chi connectivity index (χ3n) is 4.38. The highest BCUT2D eigenvalue weighted by Gasteiger charge is 2.22. The first-order valence-corrected chi connectivity index (χ1v) is 7.39. The second kappa shape index (κ2) is 4.88. The summed E-state index contributed by atoms with van der Waals surface area (Å²) in [6.45, 7) is 2.31. The number of aromatic nitrogens is 2. The van der Waals surface area contributed by atoms with Crippen LogP contribution in [0.5, 0.6) is 0 Å². The Hall–Kier alpha value is -1.09. The standard InChI is InChI=1S/C15H20N2S/c1-2-11-7-9-12(10-8-11)17-14-6-4-3-5-13(14)16-15(17)18/h3-6,11-12H,2,7-10H2,1H3,(H,16,18). The summed E-state index contributed by atoms with van der Waals surface area (Å²) in [6.07, 6.45) is 6.57. The lowest BCUT2D eigenvalue weighted by Crippen LogP contribution is -2.17. The van der Waals surface area contributed by atoms with Gasteiger partial charge in [0, 0.05) is 6.04 Å². The van der Waals surface area contributed by atoms with Gasteiger partial charge in [0.2, 0.25) is 0 Å². The molecule has 18 heavy (non-hydrogen) atoms. The van der Waals surface area contributed by atoms with Gasteiger partial charge in [-0.1, -0.05) is 25.5 Å². The van der Waals surface area contributed by atoms with Crippen LogP contribution in [0.4, 0.5) is 0 Å². The van der Waals surface area contributed by atoms with Crippen LogP contribution in [0.1, 0.15) is 45.1 Å². The Morgan fingerprint density at radius 3 is 2.67 bits per heavy atom. The molecule has 96 valence electrons. The van der Waals surface area contributed by atoms with E-state index >= 15 is 0 Å². The van der Waals surface area contributed by atoms with E-state index in [-0.39, 0.29) is 0 Å². The summed E-state index contributed by atoms with van der Waals surface area (Å²) in [5, 5.41) is 0. The van der Waals surface area contributed by atoms with Gasteiger partial charge in [0.1, 0.15) is 0 Å². The van der Waals surface area contributed by atoms with Crippen LogP contribution in [0, 0.1) is 10.7 Å².